The van der Waals surface area contributed by atoms with Crippen LogP contribution in [0, 0.1) is 6.92 Å². The van der Waals surface area contributed by atoms with E-state index < -0.39 is 17.8 Å². The van der Waals surface area contributed by atoms with E-state index in [1.807, 2.05) is 6.92 Å². The molecule has 1 rings (SSSR count). The minimum Gasteiger partial charge on any atom is -0.468 e. The number of amides is 1. The van der Waals surface area contributed by atoms with E-state index in [1.165, 1.54) is 14.2 Å². The first kappa shape index (κ1) is 15.7. The van der Waals surface area contributed by atoms with Gasteiger partial charge in [-0.1, -0.05) is 0 Å². The van der Waals surface area contributed by atoms with Crippen molar-refractivity contribution in [1.82, 2.24) is 9.47 Å². The van der Waals surface area contributed by atoms with E-state index in [0.29, 0.717) is 5.69 Å². The minimum absolute atomic E-state index is 0.311. The molecule has 0 bridgehead atoms. The second-order valence-corrected chi connectivity index (χ2v) is 4.23. The summed E-state index contributed by atoms with van der Waals surface area (Å²) >= 11 is 0. The molecule has 0 radical (unpaired) electrons. The molecule has 0 aliphatic heterocycles. The second kappa shape index (κ2) is 6.74. The number of hydrogen-bond acceptors (Lipinski definition) is 5. The van der Waals surface area contributed by atoms with Gasteiger partial charge in [0.05, 0.1) is 14.2 Å². The molecule has 0 fully saturated rings. The molecule has 7 nitrogen and oxygen atoms in total. The average Bonchev–Trinajstić information content (AvgIpc) is 2.77. The van der Waals surface area contributed by atoms with Crippen LogP contribution in [0.25, 0.3) is 0 Å². The molecule has 0 unspecified atom stereocenters. The fourth-order valence-corrected chi connectivity index (χ4v) is 1.63. The molecule has 0 aromatic carbocycles. The van der Waals surface area contributed by atoms with E-state index in [1.54, 1.807) is 23.7 Å². The second-order valence-electron chi connectivity index (χ2n) is 4.23. The normalized spacial score (nSPS) is 10.0. The monoisotopic (exact) mass is 282 g/mol. The zero-order chi connectivity index (χ0) is 15.3. The summed E-state index contributed by atoms with van der Waals surface area (Å²) in [6.45, 7) is 1.23. The van der Waals surface area contributed by atoms with E-state index in [-0.39, 0.29) is 13.1 Å². The molecule has 0 spiro atoms. The standard InChI is InChI=1S/C13H18N2O5/c1-9-5-6-10(14(9)2)13(18)15(7-11(16)19-3)8-12(17)20-4/h5-6H,7-8H2,1-4H3. The van der Waals surface area contributed by atoms with E-state index in [4.69, 9.17) is 0 Å². The molecule has 7 heteroatoms. The highest BCUT2D eigenvalue weighted by molar-refractivity contribution is 5.96. The third kappa shape index (κ3) is 3.59. The first-order chi connectivity index (χ1) is 9.40. The SMILES string of the molecule is COC(=O)CN(CC(=O)OC)C(=O)c1ccc(C)n1C. The van der Waals surface area contributed by atoms with Crippen molar-refractivity contribution in [2.75, 3.05) is 27.3 Å². The highest BCUT2D eigenvalue weighted by Gasteiger charge is 2.24. The number of aromatic nitrogens is 1. The summed E-state index contributed by atoms with van der Waals surface area (Å²) < 4.78 is 10.7. The van der Waals surface area contributed by atoms with Crippen LogP contribution in [0.3, 0.4) is 0 Å². The number of methoxy groups -OCH3 is 2. The van der Waals surface area contributed by atoms with Crippen molar-refractivity contribution < 1.29 is 23.9 Å². The Labute approximate surface area is 117 Å². The quantitative estimate of drug-likeness (QED) is 0.717. The molecule has 1 amide bonds. The van der Waals surface area contributed by atoms with Crippen molar-refractivity contribution in [2.24, 2.45) is 7.05 Å². The van der Waals surface area contributed by atoms with Crippen LogP contribution in [0.1, 0.15) is 16.2 Å². The van der Waals surface area contributed by atoms with Crippen LogP contribution in [0.4, 0.5) is 0 Å². The van der Waals surface area contributed by atoms with Gasteiger partial charge in [0.15, 0.2) is 0 Å². The van der Waals surface area contributed by atoms with E-state index in [2.05, 4.69) is 9.47 Å². The van der Waals surface area contributed by atoms with E-state index in [9.17, 15) is 14.4 Å². The minimum atomic E-state index is -0.604. The average molecular weight is 282 g/mol. The molecule has 0 saturated heterocycles. The van der Waals surface area contributed by atoms with Crippen molar-refractivity contribution >= 4 is 17.8 Å². The zero-order valence-electron chi connectivity index (χ0n) is 12.0. The highest BCUT2D eigenvalue weighted by Crippen LogP contribution is 2.09. The summed E-state index contributed by atoms with van der Waals surface area (Å²) in [5.74, 6) is -1.64. The largest absolute Gasteiger partial charge is 0.468 e. The summed E-state index contributed by atoms with van der Waals surface area (Å²) in [6, 6.07) is 3.42. The van der Waals surface area contributed by atoms with Crippen LogP contribution in [0.15, 0.2) is 12.1 Å². The van der Waals surface area contributed by atoms with Crippen LogP contribution >= 0.6 is 0 Å². The van der Waals surface area contributed by atoms with Gasteiger partial charge in [-0.15, -0.1) is 0 Å². The Morgan fingerprint density at radius 1 is 1.10 bits per heavy atom. The summed E-state index contributed by atoms with van der Waals surface area (Å²) in [6.07, 6.45) is 0. The van der Waals surface area contributed by atoms with Gasteiger partial charge in [0.1, 0.15) is 18.8 Å². The third-order valence-corrected chi connectivity index (χ3v) is 2.97. The van der Waals surface area contributed by atoms with Gasteiger partial charge in [-0.3, -0.25) is 14.4 Å². The first-order valence-corrected chi connectivity index (χ1v) is 5.96. The summed E-state index contributed by atoms with van der Waals surface area (Å²) in [7, 11) is 4.17. The van der Waals surface area contributed by atoms with Crippen molar-refractivity contribution in [3.8, 4) is 0 Å². The lowest BCUT2D eigenvalue weighted by molar-refractivity contribution is -0.144. The first-order valence-electron chi connectivity index (χ1n) is 5.96. The number of esters is 2. The van der Waals surface area contributed by atoms with Crippen LogP contribution in [-0.4, -0.2) is 54.6 Å². The fourth-order valence-electron chi connectivity index (χ4n) is 1.63. The molecule has 20 heavy (non-hydrogen) atoms. The molecule has 0 N–H and O–H groups in total. The molecule has 0 atom stereocenters. The Hall–Kier alpha value is -2.31. The number of nitrogens with zero attached hydrogens (tertiary/aromatic N) is 2. The topological polar surface area (TPSA) is 77.8 Å². The molecule has 0 aliphatic carbocycles. The van der Waals surface area contributed by atoms with E-state index in [0.717, 1.165) is 10.6 Å². The highest BCUT2D eigenvalue weighted by atomic mass is 16.5. The van der Waals surface area contributed by atoms with Gasteiger partial charge in [0.25, 0.3) is 5.91 Å². The predicted molar refractivity (Wildman–Crippen MR) is 70.1 cm³/mol. The summed E-state index contributed by atoms with van der Waals surface area (Å²) in [5.41, 5.74) is 1.28. The predicted octanol–water partition coefficient (Wildman–Crippen LogP) is 0.122. The van der Waals surface area contributed by atoms with Gasteiger partial charge in [-0.25, -0.2) is 0 Å². The zero-order valence-corrected chi connectivity index (χ0v) is 12.0. The van der Waals surface area contributed by atoms with Crippen LogP contribution in [-0.2, 0) is 26.1 Å². The van der Waals surface area contributed by atoms with Crippen LogP contribution in [0.5, 0.6) is 0 Å². The van der Waals surface area contributed by atoms with Gasteiger partial charge < -0.3 is 18.9 Å². The van der Waals surface area contributed by atoms with Gasteiger partial charge in [-0.05, 0) is 19.1 Å². The lowest BCUT2D eigenvalue weighted by Gasteiger charge is -2.20. The maximum absolute atomic E-state index is 12.4. The van der Waals surface area contributed by atoms with E-state index >= 15 is 0 Å². The molecule has 1 aromatic heterocycles. The Balaban J connectivity index is 2.97. The Morgan fingerprint density at radius 3 is 1.95 bits per heavy atom. The lowest BCUT2D eigenvalue weighted by Crippen LogP contribution is -2.40. The maximum Gasteiger partial charge on any atom is 0.325 e. The fraction of sp³-hybridized carbons (Fsp3) is 0.462. The number of ether oxygens (including phenoxy) is 2. The molecule has 1 heterocycles. The number of rotatable bonds is 5. The smallest absolute Gasteiger partial charge is 0.325 e. The third-order valence-electron chi connectivity index (χ3n) is 2.97. The molecule has 0 saturated carbocycles. The van der Waals surface area contributed by atoms with Crippen molar-refractivity contribution in [3.63, 3.8) is 0 Å². The van der Waals surface area contributed by atoms with Crippen molar-refractivity contribution in [3.05, 3.63) is 23.5 Å². The summed E-state index contributed by atoms with van der Waals surface area (Å²) in [5, 5.41) is 0. The van der Waals surface area contributed by atoms with Gasteiger partial charge in [0, 0.05) is 12.7 Å². The number of carbonyl (C=O) groups excluding carboxylic acids is 3. The maximum atomic E-state index is 12.4. The summed E-state index contributed by atoms with van der Waals surface area (Å²) in [4.78, 5) is 36.1. The lowest BCUT2D eigenvalue weighted by atomic mass is 10.3. The number of aryl methyl sites for hydroxylation is 1. The Kier molecular flexibility index (Phi) is 5.31. The van der Waals surface area contributed by atoms with Gasteiger partial charge >= 0.3 is 11.9 Å². The Bertz CT molecular complexity index is 503. The Morgan fingerprint density at radius 2 is 1.60 bits per heavy atom. The molecule has 1 aromatic rings. The van der Waals surface area contributed by atoms with Gasteiger partial charge in [0.2, 0.25) is 0 Å². The molecule has 110 valence electrons. The molecular weight excluding hydrogens is 264 g/mol. The van der Waals surface area contributed by atoms with Crippen LogP contribution in [0.2, 0.25) is 0 Å². The van der Waals surface area contributed by atoms with Crippen LogP contribution < -0.4 is 0 Å². The van der Waals surface area contributed by atoms with Crippen molar-refractivity contribution in [2.45, 2.75) is 6.92 Å². The van der Waals surface area contributed by atoms with Gasteiger partial charge in [-0.2, -0.15) is 0 Å². The molecule has 0 aliphatic rings. The number of hydrogen-bond donors (Lipinski definition) is 0. The molecular formula is C13H18N2O5. The number of carbonyl (C=O) groups is 3. The van der Waals surface area contributed by atoms with Crippen molar-refractivity contribution in [1.29, 1.82) is 0 Å².